The first-order chi connectivity index (χ1) is 8.40. The van der Waals surface area contributed by atoms with E-state index in [1.54, 1.807) is 0 Å². The van der Waals surface area contributed by atoms with Crippen molar-refractivity contribution in [2.24, 2.45) is 0 Å². The third-order valence-electron chi connectivity index (χ3n) is 1.95. The minimum Gasteiger partial charge on any atom is -0.476 e. The van der Waals surface area contributed by atoms with Crippen LogP contribution < -0.4 is 0 Å². The van der Waals surface area contributed by atoms with Crippen molar-refractivity contribution in [3.8, 4) is 0 Å². The van der Waals surface area contributed by atoms with E-state index < -0.39 is 35.3 Å². The highest BCUT2D eigenvalue weighted by atomic mass is 16.4. The molecule has 0 fully saturated rings. The van der Waals surface area contributed by atoms with Crippen LogP contribution in [0.1, 0.15) is 31.7 Å². The summed E-state index contributed by atoms with van der Waals surface area (Å²) >= 11 is 0. The summed E-state index contributed by atoms with van der Waals surface area (Å²) < 4.78 is 0. The molecular weight excluding hydrogens is 248 g/mol. The van der Waals surface area contributed by atoms with Crippen LogP contribution >= 0.6 is 0 Å². The van der Waals surface area contributed by atoms with Crippen LogP contribution in [-0.4, -0.2) is 53.2 Å². The lowest BCUT2D eigenvalue weighted by molar-refractivity contribution is 0.0667. The number of aromatic carboxylic acids is 3. The van der Waals surface area contributed by atoms with E-state index >= 15 is 0 Å². The van der Waals surface area contributed by atoms with Crippen LogP contribution in [0.15, 0.2) is 0 Å². The van der Waals surface area contributed by atoms with Gasteiger partial charge in [-0.3, -0.25) is 0 Å². The van der Waals surface area contributed by atoms with Gasteiger partial charge in [0, 0.05) is 0 Å². The Morgan fingerprint density at radius 3 is 2.06 bits per heavy atom. The third-order valence-corrected chi connectivity index (χ3v) is 1.95. The van der Waals surface area contributed by atoms with Gasteiger partial charge >= 0.3 is 17.9 Å². The Bertz CT molecular complexity index is 690. The Morgan fingerprint density at radius 1 is 0.889 bits per heavy atom. The number of aromatic amines is 1. The highest BCUT2D eigenvalue weighted by Crippen LogP contribution is 2.14. The first-order valence-electron chi connectivity index (χ1n) is 4.37. The largest absolute Gasteiger partial charge is 0.476 e. The SMILES string of the molecule is O=C(O)c1nc(C(=O)O)c2[nH]c(C(=O)O)nc2n1. The molecule has 0 atom stereocenters. The molecule has 0 spiro atoms. The second-order valence-corrected chi connectivity index (χ2v) is 3.10. The lowest BCUT2D eigenvalue weighted by Crippen LogP contribution is -2.10. The average molecular weight is 252 g/mol. The smallest absolute Gasteiger partial charge is 0.374 e. The minimum absolute atomic E-state index is 0.245. The highest BCUT2D eigenvalue weighted by Gasteiger charge is 2.21. The summed E-state index contributed by atoms with van der Waals surface area (Å²) in [6.07, 6.45) is 0. The fourth-order valence-corrected chi connectivity index (χ4v) is 1.25. The standard InChI is InChI=1S/C8H4N4O6/c13-6(14)2-1-3(11-4(9-1)7(15)16)12-5(10-2)8(17)18/h(H,13,14)(H,15,16)(H,17,18)(H,9,10,11,12). The number of imidazole rings is 1. The van der Waals surface area contributed by atoms with E-state index in [-0.39, 0.29) is 11.2 Å². The van der Waals surface area contributed by atoms with Crippen LogP contribution in [0, 0.1) is 0 Å². The molecule has 0 bridgehead atoms. The van der Waals surface area contributed by atoms with E-state index in [0.29, 0.717) is 0 Å². The zero-order valence-corrected chi connectivity index (χ0v) is 8.41. The fourth-order valence-electron chi connectivity index (χ4n) is 1.25. The minimum atomic E-state index is -1.54. The molecule has 0 radical (unpaired) electrons. The van der Waals surface area contributed by atoms with E-state index in [1.165, 1.54) is 0 Å². The zero-order chi connectivity index (χ0) is 13.4. The van der Waals surface area contributed by atoms with Gasteiger partial charge in [-0.1, -0.05) is 0 Å². The number of carboxylic acids is 3. The highest BCUT2D eigenvalue weighted by molar-refractivity contribution is 6.01. The summed E-state index contributed by atoms with van der Waals surface area (Å²) in [6.45, 7) is 0. The van der Waals surface area contributed by atoms with Gasteiger partial charge in [0.25, 0.3) is 0 Å². The van der Waals surface area contributed by atoms with Gasteiger partial charge in [-0.2, -0.15) is 0 Å². The van der Waals surface area contributed by atoms with Crippen molar-refractivity contribution in [2.45, 2.75) is 0 Å². The van der Waals surface area contributed by atoms with Crippen molar-refractivity contribution in [1.29, 1.82) is 0 Å². The lowest BCUT2D eigenvalue weighted by Gasteiger charge is -1.97. The molecule has 2 rings (SSSR count). The normalized spacial score (nSPS) is 10.4. The molecule has 18 heavy (non-hydrogen) atoms. The predicted octanol–water partition coefficient (Wildman–Crippen LogP) is -0.553. The van der Waals surface area contributed by atoms with Crippen molar-refractivity contribution in [2.75, 3.05) is 0 Å². The number of nitrogens with one attached hydrogen (secondary N) is 1. The number of carbonyl (C=O) groups is 3. The average Bonchev–Trinajstić information content (AvgIpc) is 2.70. The number of aromatic nitrogens is 4. The van der Waals surface area contributed by atoms with Crippen LogP contribution in [-0.2, 0) is 0 Å². The summed E-state index contributed by atoms with van der Waals surface area (Å²) in [7, 11) is 0. The first kappa shape index (κ1) is 11.4. The molecule has 0 aliphatic heterocycles. The number of H-pyrrole nitrogens is 1. The number of fused-ring (bicyclic) bond motifs is 1. The summed E-state index contributed by atoms with van der Waals surface area (Å²) in [5.74, 6) is -5.82. The maximum Gasteiger partial charge on any atom is 0.374 e. The second kappa shape index (κ2) is 3.76. The molecule has 0 saturated carbocycles. The molecule has 2 heterocycles. The van der Waals surface area contributed by atoms with Gasteiger partial charge in [0.1, 0.15) is 5.52 Å². The maximum atomic E-state index is 10.9. The number of carboxylic acid groups (broad SMARTS) is 3. The topological polar surface area (TPSA) is 166 Å². The van der Waals surface area contributed by atoms with E-state index in [9.17, 15) is 14.4 Å². The van der Waals surface area contributed by atoms with E-state index in [0.717, 1.165) is 0 Å². The summed E-state index contributed by atoms with van der Waals surface area (Å²) in [5.41, 5.74) is -1.24. The summed E-state index contributed by atoms with van der Waals surface area (Å²) in [6, 6.07) is 0. The van der Waals surface area contributed by atoms with Gasteiger partial charge in [0.05, 0.1) is 0 Å². The molecule has 0 aliphatic rings. The van der Waals surface area contributed by atoms with Crippen LogP contribution in [0.25, 0.3) is 11.2 Å². The Morgan fingerprint density at radius 2 is 1.56 bits per heavy atom. The fraction of sp³-hybridized carbons (Fsp3) is 0. The number of rotatable bonds is 3. The second-order valence-electron chi connectivity index (χ2n) is 3.10. The number of hydrogen-bond acceptors (Lipinski definition) is 6. The quantitative estimate of drug-likeness (QED) is 0.559. The lowest BCUT2D eigenvalue weighted by atomic mass is 10.3. The molecule has 0 aliphatic carbocycles. The van der Waals surface area contributed by atoms with Crippen molar-refractivity contribution in [3.63, 3.8) is 0 Å². The molecule has 2 aromatic heterocycles. The number of nitrogens with zero attached hydrogens (tertiary/aromatic N) is 3. The molecule has 10 heteroatoms. The molecule has 0 unspecified atom stereocenters. The van der Waals surface area contributed by atoms with Crippen LogP contribution in [0.3, 0.4) is 0 Å². The van der Waals surface area contributed by atoms with E-state index in [4.69, 9.17) is 15.3 Å². The van der Waals surface area contributed by atoms with Gasteiger partial charge in [-0.25, -0.2) is 29.3 Å². The first-order valence-corrected chi connectivity index (χ1v) is 4.37. The molecule has 0 aromatic carbocycles. The monoisotopic (exact) mass is 252 g/mol. The van der Waals surface area contributed by atoms with Crippen molar-refractivity contribution < 1.29 is 29.7 Å². The van der Waals surface area contributed by atoms with Gasteiger partial charge in [0.2, 0.25) is 11.6 Å². The van der Waals surface area contributed by atoms with Gasteiger partial charge in [-0.15, -0.1) is 0 Å². The number of hydrogen-bond donors (Lipinski definition) is 4. The van der Waals surface area contributed by atoms with Crippen LogP contribution in [0.5, 0.6) is 0 Å². The molecule has 10 nitrogen and oxygen atoms in total. The van der Waals surface area contributed by atoms with Gasteiger partial charge in [0.15, 0.2) is 11.3 Å². The van der Waals surface area contributed by atoms with Crippen molar-refractivity contribution in [1.82, 2.24) is 19.9 Å². The van der Waals surface area contributed by atoms with E-state index in [2.05, 4.69) is 19.9 Å². The Hall–Kier alpha value is -3.04. The zero-order valence-electron chi connectivity index (χ0n) is 8.41. The molecule has 2 aromatic rings. The van der Waals surface area contributed by atoms with Crippen molar-refractivity contribution in [3.05, 3.63) is 17.3 Å². The summed E-state index contributed by atoms with van der Waals surface area (Å²) in [5, 5.41) is 26.2. The van der Waals surface area contributed by atoms with Gasteiger partial charge < -0.3 is 20.3 Å². The van der Waals surface area contributed by atoms with Crippen LogP contribution in [0.2, 0.25) is 0 Å². The third kappa shape index (κ3) is 1.71. The molecule has 0 amide bonds. The molecular formula is C8H4N4O6. The Labute approximate surface area is 96.9 Å². The van der Waals surface area contributed by atoms with E-state index in [1.807, 2.05) is 0 Å². The molecule has 0 saturated heterocycles. The Kier molecular flexibility index (Phi) is 2.39. The Balaban J connectivity index is 2.81. The summed E-state index contributed by atoms with van der Waals surface area (Å²) in [4.78, 5) is 44.6. The van der Waals surface area contributed by atoms with Gasteiger partial charge in [-0.05, 0) is 0 Å². The molecule has 4 N–H and O–H groups in total. The maximum absolute atomic E-state index is 10.9. The molecule has 92 valence electrons. The predicted molar refractivity (Wildman–Crippen MR) is 52.6 cm³/mol. The van der Waals surface area contributed by atoms with Crippen LogP contribution in [0.4, 0.5) is 0 Å². The van der Waals surface area contributed by atoms with Crippen molar-refractivity contribution >= 4 is 29.1 Å².